The van der Waals surface area contributed by atoms with Gasteiger partial charge in [0.1, 0.15) is 22.1 Å². The molecular formula is C30H37N3O9S. The second-order valence-electron chi connectivity index (χ2n) is 9.02. The standard InChI is InChI=1S/C30H37N3O9S/c1-7-40-23-12-10-20(15-22(23)29(34)32-21-11-13-24(38-4)26(16-21)39-5)33-30(35)31-18-19-14-27(42-9-3)28(43(6,36)37)17-25(19)41-8-2/h10-17H,7-9,18H2,1-6H3,(H,32,34)(H2,31,33,35). The topological polar surface area (TPSA) is 151 Å². The molecule has 0 heterocycles. The van der Waals surface area contributed by atoms with Gasteiger partial charge in [-0.1, -0.05) is 0 Å². The molecule has 0 aromatic heterocycles. The molecule has 0 saturated heterocycles. The van der Waals surface area contributed by atoms with Gasteiger partial charge in [0.15, 0.2) is 21.3 Å². The Labute approximate surface area is 251 Å². The van der Waals surface area contributed by atoms with Crippen molar-refractivity contribution in [2.75, 3.05) is 50.9 Å². The van der Waals surface area contributed by atoms with Gasteiger partial charge in [-0.15, -0.1) is 0 Å². The third-order valence-electron chi connectivity index (χ3n) is 5.99. The van der Waals surface area contributed by atoms with Crippen molar-refractivity contribution in [3.05, 3.63) is 59.7 Å². The summed E-state index contributed by atoms with van der Waals surface area (Å²) in [4.78, 5) is 26.1. The van der Waals surface area contributed by atoms with Crippen LogP contribution in [0.3, 0.4) is 0 Å². The summed E-state index contributed by atoms with van der Waals surface area (Å²) in [7, 11) is -0.576. The Morgan fingerprint density at radius 2 is 1.28 bits per heavy atom. The minimum absolute atomic E-state index is 0.000667. The van der Waals surface area contributed by atoms with Crippen molar-refractivity contribution in [1.29, 1.82) is 0 Å². The maximum Gasteiger partial charge on any atom is 0.319 e. The van der Waals surface area contributed by atoms with Crippen LogP contribution in [0.2, 0.25) is 0 Å². The van der Waals surface area contributed by atoms with Crippen molar-refractivity contribution in [2.45, 2.75) is 32.2 Å². The molecule has 3 aromatic rings. The molecule has 0 radical (unpaired) electrons. The molecule has 0 aliphatic rings. The van der Waals surface area contributed by atoms with Gasteiger partial charge >= 0.3 is 6.03 Å². The van der Waals surface area contributed by atoms with E-state index in [-0.39, 0.29) is 36.0 Å². The SMILES string of the molecule is CCOc1cc(S(C)(=O)=O)c(OCC)cc1CNC(=O)Nc1ccc(OCC)c(C(=O)Nc2ccc(OC)c(OC)c2)c1. The number of ether oxygens (including phenoxy) is 5. The molecule has 0 unspecified atom stereocenters. The van der Waals surface area contributed by atoms with Crippen LogP contribution >= 0.6 is 0 Å². The third-order valence-corrected chi connectivity index (χ3v) is 7.11. The van der Waals surface area contributed by atoms with E-state index < -0.39 is 21.8 Å². The lowest BCUT2D eigenvalue weighted by atomic mass is 10.1. The van der Waals surface area contributed by atoms with Crippen molar-refractivity contribution in [1.82, 2.24) is 5.32 Å². The van der Waals surface area contributed by atoms with E-state index in [2.05, 4.69) is 16.0 Å². The number of methoxy groups -OCH3 is 2. The Kier molecular flexibility index (Phi) is 11.5. The normalized spacial score (nSPS) is 10.8. The van der Waals surface area contributed by atoms with Gasteiger partial charge in [-0.2, -0.15) is 0 Å². The average molecular weight is 616 g/mol. The number of urea groups is 1. The number of anilines is 2. The van der Waals surface area contributed by atoms with Gasteiger partial charge in [0.2, 0.25) is 0 Å². The van der Waals surface area contributed by atoms with E-state index >= 15 is 0 Å². The largest absolute Gasteiger partial charge is 0.493 e. The van der Waals surface area contributed by atoms with Crippen LogP contribution in [0, 0.1) is 0 Å². The van der Waals surface area contributed by atoms with Crippen molar-refractivity contribution in [3.63, 3.8) is 0 Å². The van der Waals surface area contributed by atoms with E-state index in [0.717, 1.165) is 6.26 Å². The maximum atomic E-state index is 13.2. The lowest BCUT2D eigenvalue weighted by Crippen LogP contribution is -2.28. The highest BCUT2D eigenvalue weighted by molar-refractivity contribution is 7.90. The number of carbonyl (C=O) groups excluding carboxylic acids is 2. The van der Waals surface area contributed by atoms with Crippen LogP contribution in [0.4, 0.5) is 16.2 Å². The number of hydrogen-bond acceptors (Lipinski definition) is 9. The van der Waals surface area contributed by atoms with Crippen LogP contribution < -0.4 is 39.6 Å². The van der Waals surface area contributed by atoms with E-state index in [1.807, 2.05) is 0 Å². The Morgan fingerprint density at radius 3 is 1.88 bits per heavy atom. The maximum absolute atomic E-state index is 13.2. The first-order valence-electron chi connectivity index (χ1n) is 13.5. The zero-order chi connectivity index (χ0) is 31.6. The molecule has 43 heavy (non-hydrogen) atoms. The van der Waals surface area contributed by atoms with E-state index in [9.17, 15) is 18.0 Å². The Morgan fingerprint density at radius 1 is 0.698 bits per heavy atom. The Hall–Kier alpha value is -4.65. The summed E-state index contributed by atoms with van der Waals surface area (Å²) in [5, 5.41) is 8.25. The highest BCUT2D eigenvalue weighted by atomic mass is 32.2. The summed E-state index contributed by atoms with van der Waals surface area (Å²) in [5.41, 5.74) is 1.53. The fraction of sp³-hybridized carbons (Fsp3) is 0.333. The molecule has 232 valence electrons. The van der Waals surface area contributed by atoms with Gasteiger partial charge in [-0.05, 0) is 57.2 Å². The number of rotatable bonds is 14. The Balaban J connectivity index is 1.80. The van der Waals surface area contributed by atoms with Crippen LogP contribution in [-0.4, -0.2) is 60.7 Å². The van der Waals surface area contributed by atoms with Crippen molar-refractivity contribution < 1.29 is 41.7 Å². The summed E-state index contributed by atoms with van der Waals surface area (Å²) in [6.07, 6.45) is 1.09. The molecule has 3 rings (SSSR count). The van der Waals surface area contributed by atoms with Gasteiger partial charge in [0, 0.05) is 41.9 Å². The summed E-state index contributed by atoms with van der Waals surface area (Å²) in [5.74, 6) is 1.31. The molecule has 12 nitrogen and oxygen atoms in total. The first kappa shape index (κ1) is 32.9. The van der Waals surface area contributed by atoms with Crippen LogP contribution in [0.1, 0.15) is 36.7 Å². The number of amides is 3. The van der Waals surface area contributed by atoms with Gasteiger partial charge in [-0.3, -0.25) is 4.79 Å². The molecule has 0 bridgehead atoms. The Bertz CT molecular complexity index is 1560. The molecule has 13 heteroatoms. The monoisotopic (exact) mass is 615 g/mol. The predicted octanol–water partition coefficient (Wildman–Crippen LogP) is 4.88. The van der Waals surface area contributed by atoms with Gasteiger partial charge in [0.25, 0.3) is 5.91 Å². The van der Waals surface area contributed by atoms with E-state index in [4.69, 9.17) is 23.7 Å². The molecule has 0 spiro atoms. The van der Waals surface area contributed by atoms with E-state index in [1.165, 1.54) is 26.4 Å². The van der Waals surface area contributed by atoms with Crippen molar-refractivity contribution in [2.24, 2.45) is 0 Å². The number of carbonyl (C=O) groups is 2. The number of benzene rings is 3. The predicted molar refractivity (Wildman–Crippen MR) is 163 cm³/mol. The minimum atomic E-state index is -3.59. The molecule has 0 atom stereocenters. The van der Waals surface area contributed by atoms with Crippen LogP contribution in [0.25, 0.3) is 0 Å². The van der Waals surface area contributed by atoms with Gasteiger partial charge in [0.05, 0.1) is 39.6 Å². The lowest BCUT2D eigenvalue weighted by molar-refractivity contribution is 0.102. The molecule has 0 aliphatic heterocycles. The summed E-state index contributed by atoms with van der Waals surface area (Å²) in [6.45, 7) is 6.19. The quantitative estimate of drug-likeness (QED) is 0.231. The smallest absolute Gasteiger partial charge is 0.319 e. The number of nitrogens with one attached hydrogen (secondary N) is 3. The zero-order valence-electron chi connectivity index (χ0n) is 25.0. The number of sulfone groups is 1. The minimum Gasteiger partial charge on any atom is -0.493 e. The first-order chi connectivity index (χ1) is 20.5. The highest BCUT2D eigenvalue weighted by Crippen LogP contribution is 2.33. The molecule has 3 aromatic carbocycles. The zero-order valence-corrected chi connectivity index (χ0v) is 25.8. The molecule has 0 fully saturated rings. The number of hydrogen-bond donors (Lipinski definition) is 3. The van der Waals surface area contributed by atoms with E-state index in [0.29, 0.717) is 46.5 Å². The molecule has 3 amide bonds. The van der Waals surface area contributed by atoms with E-state index in [1.54, 1.807) is 57.2 Å². The fourth-order valence-electron chi connectivity index (χ4n) is 4.10. The fourth-order valence-corrected chi connectivity index (χ4v) is 4.90. The van der Waals surface area contributed by atoms with Gasteiger partial charge in [-0.25, -0.2) is 13.2 Å². The second-order valence-corrected chi connectivity index (χ2v) is 11.0. The van der Waals surface area contributed by atoms with Crippen LogP contribution in [0.5, 0.6) is 28.7 Å². The van der Waals surface area contributed by atoms with Crippen LogP contribution in [-0.2, 0) is 16.4 Å². The second kappa shape index (κ2) is 15.0. The highest BCUT2D eigenvalue weighted by Gasteiger charge is 2.20. The molecule has 0 aliphatic carbocycles. The summed E-state index contributed by atoms with van der Waals surface area (Å²) >= 11 is 0. The summed E-state index contributed by atoms with van der Waals surface area (Å²) < 4.78 is 52.0. The molecular weight excluding hydrogens is 578 g/mol. The lowest BCUT2D eigenvalue weighted by Gasteiger charge is -2.17. The van der Waals surface area contributed by atoms with Crippen molar-refractivity contribution in [3.8, 4) is 28.7 Å². The van der Waals surface area contributed by atoms with Gasteiger partial charge < -0.3 is 39.6 Å². The first-order valence-corrected chi connectivity index (χ1v) is 15.4. The molecule has 3 N–H and O–H groups in total. The van der Waals surface area contributed by atoms with Crippen LogP contribution in [0.15, 0.2) is 53.4 Å². The third kappa shape index (κ3) is 8.67. The molecule has 0 saturated carbocycles. The summed E-state index contributed by atoms with van der Waals surface area (Å²) in [6, 6.07) is 12.0. The van der Waals surface area contributed by atoms with Crippen molar-refractivity contribution >= 4 is 33.2 Å². The average Bonchev–Trinajstić information content (AvgIpc) is 2.97.